The molecule has 0 fully saturated rings. The highest BCUT2D eigenvalue weighted by molar-refractivity contribution is 6.32. The number of hydrogen-bond acceptors (Lipinski definition) is 2. The van der Waals surface area contributed by atoms with Gasteiger partial charge in [0.15, 0.2) is 0 Å². The van der Waals surface area contributed by atoms with Crippen LogP contribution in [0.2, 0.25) is 5.02 Å². The summed E-state index contributed by atoms with van der Waals surface area (Å²) < 4.78 is 18.2. The summed E-state index contributed by atoms with van der Waals surface area (Å²) in [6.07, 6.45) is -0.769. The molecule has 0 radical (unpaired) electrons. The molecule has 21 heavy (non-hydrogen) atoms. The van der Waals surface area contributed by atoms with Crippen LogP contribution in [0.5, 0.6) is 5.75 Å². The monoisotopic (exact) mass is 308 g/mol. The van der Waals surface area contributed by atoms with Gasteiger partial charge < -0.3 is 9.84 Å². The summed E-state index contributed by atoms with van der Waals surface area (Å²) >= 11 is 6.00. The Bertz CT molecular complexity index is 623. The Kier molecular flexibility index (Phi) is 4.55. The Morgan fingerprint density at radius 1 is 1.14 bits per heavy atom. The van der Waals surface area contributed by atoms with Crippen molar-refractivity contribution in [2.24, 2.45) is 0 Å². The lowest BCUT2D eigenvalue weighted by Crippen LogP contribution is -2.26. The molecule has 2 nitrogen and oxygen atoms in total. The Morgan fingerprint density at radius 3 is 2.33 bits per heavy atom. The number of halogens is 2. The van der Waals surface area contributed by atoms with Gasteiger partial charge in [-0.05, 0) is 35.4 Å². The summed E-state index contributed by atoms with van der Waals surface area (Å²) in [6, 6.07) is 11.3. The molecule has 0 aliphatic carbocycles. The zero-order chi connectivity index (χ0) is 15.6. The maximum atomic E-state index is 13.0. The minimum atomic E-state index is -0.769. The van der Waals surface area contributed by atoms with E-state index in [-0.39, 0.29) is 5.82 Å². The van der Waals surface area contributed by atoms with Crippen molar-refractivity contribution in [3.05, 3.63) is 64.4 Å². The van der Waals surface area contributed by atoms with Crippen LogP contribution in [0.15, 0.2) is 42.5 Å². The highest BCUT2D eigenvalue weighted by Crippen LogP contribution is 2.39. The molecule has 0 heterocycles. The summed E-state index contributed by atoms with van der Waals surface area (Å²) in [7, 11) is 1.53. The molecule has 1 N–H and O–H groups in total. The molecule has 0 saturated heterocycles. The quantitative estimate of drug-likeness (QED) is 0.901. The van der Waals surface area contributed by atoms with Gasteiger partial charge >= 0.3 is 0 Å². The first kappa shape index (κ1) is 15.8. The van der Waals surface area contributed by atoms with Gasteiger partial charge in [0.1, 0.15) is 11.6 Å². The molecule has 0 bridgehead atoms. The van der Waals surface area contributed by atoms with E-state index >= 15 is 0 Å². The number of benzene rings is 2. The zero-order valence-electron chi connectivity index (χ0n) is 12.2. The molecule has 112 valence electrons. The summed E-state index contributed by atoms with van der Waals surface area (Å²) in [4.78, 5) is 0. The van der Waals surface area contributed by atoms with Crippen LogP contribution >= 0.6 is 11.6 Å². The molecular formula is C17H18ClFO2. The van der Waals surface area contributed by atoms with Gasteiger partial charge in [-0.3, -0.25) is 0 Å². The lowest BCUT2D eigenvalue weighted by Gasteiger charge is -2.31. The highest BCUT2D eigenvalue weighted by atomic mass is 35.5. The third-order valence-corrected chi connectivity index (χ3v) is 4.07. The largest absolute Gasteiger partial charge is 0.495 e. The number of rotatable bonds is 4. The SMILES string of the molecule is COc1cc(C(O)C(C)(C)c2ccc(F)cc2)ccc1Cl. The van der Waals surface area contributed by atoms with E-state index in [1.165, 1.54) is 19.2 Å². The van der Waals surface area contributed by atoms with Gasteiger partial charge in [-0.25, -0.2) is 4.39 Å². The van der Waals surface area contributed by atoms with Crippen LogP contribution in [0.4, 0.5) is 4.39 Å². The van der Waals surface area contributed by atoms with Crippen LogP contribution in [0.3, 0.4) is 0 Å². The summed E-state index contributed by atoms with van der Waals surface area (Å²) in [5.74, 6) is 0.223. The third-order valence-electron chi connectivity index (χ3n) is 3.76. The average Bonchev–Trinajstić information content (AvgIpc) is 2.47. The predicted octanol–water partition coefficient (Wildman–Crippen LogP) is 4.50. The van der Waals surface area contributed by atoms with Crippen molar-refractivity contribution in [3.8, 4) is 5.75 Å². The fourth-order valence-electron chi connectivity index (χ4n) is 2.30. The van der Waals surface area contributed by atoms with Crippen LogP contribution in [0.25, 0.3) is 0 Å². The van der Waals surface area contributed by atoms with E-state index in [0.717, 1.165) is 5.56 Å². The Hall–Kier alpha value is -1.58. The molecule has 0 aliphatic rings. The first-order valence-corrected chi connectivity index (χ1v) is 7.01. The van der Waals surface area contributed by atoms with E-state index in [1.807, 2.05) is 13.8 Å². The minimum absolute atomic E-state index is 0.294. The number of aliphatic hydroxyl groups excluding tert-OH is 1. The Labute approximate surface area is 129 Å². The van der Waals surface area contributed by atoms with Crippen LogP contribution in [0, 0.1) is 5.82 Å². The topological polar surface area (TPSA) is 29.5 Å². The minimum Gasteiger partial charge on any atom is -0.495 e. The smallest absolute Gasteiger partial charge is 0.137 e. The van der Waals surface area contributed by atoms with Crippen molar-refractivity contribution in [1.82, 2.24) is 0 Å². The second-order valence-corrected chi connectivity index (χ2v) is 5.93. The molecule has 2 aromatic carbocycles. The van der Waals surface area contributed by atoms with Gasteiger partial charge in [0.05, 0.1) is 18.2 Å². The van der Waals surface area contributed by atoms with Crippen LogP contribution in [0.1, 0.15) is 31.1 Å². The van der Waals surface area contributed by atoms with Gasteiger partial charge in [-0.1, -0.05) is 43.6 Å². The maximum absolute atomic E-state index is 13.0. The van der Waals surface area contributed by atoms with Gasteiger partial charge in [0.25, 0.3) is 0 Å². The van der Waals surface area contributed by atoms with E-state index in [1.54, 1.807) is 30.3 Å². The van der Waals surface area contributed by atoms with E-state index < -0.39 is 11.5 Å². The first-order chi connectivity index (χ1) is 9.86. The maximum Gasteiger partial charge on any atom is 0.137 e. The third kappa shape index (κ3) is 3.20. The number of ether oxygens (including phenoxy) is 1. The molecule has 0 spiro atoms. The summed E-state index contributed by atoms with van der Waals surface area (Å²) in [5, 5.41) is 11.2. The molecule has 2 aromatic rings. The molecule has 0 aromatic heterocycles. The Balaban J connectivity index is 2.37. The molecule has 0 aliphatic heterocycles. The lowest BCUT2D eigenvalue weighted by atomic mass is 9.76. The molecule has 1 atom stereocenters. The molecule has 0 amide bonds. The number of hydrogen-bond donors (Lipinski definition) is 1. The normalized spacial score (nSPS) is 13.0. The second kappa shape index (κ2) is 6.04. The fourth-order valence-corrected chi connectivity index (χ4v) is 2.50. The first-order valence-electron chi connectivity index (χ1n) is 6.64. The van der Waals surface area contributed by atoms with Gasteiger partial charge in [0.2, 0.25) is 0 Å². The molecule has 4 heteroatoms. The molecular weight excluding hydrogens is 291 g/mol. The van der Waals surface area contributed by atoms with Crippen molar-refractivity contribution in [2.75, 3.05) is 7.11 Å². The van der Waals surface area contributed by atoms with Crippen molar-refractivity contribution in [2.45, 2.75) is 25.4 Å². The van der Waals surface area contributed by atoms with E-state index in [0.29, 0.717) is 16.3 Å². The number of methoxy groups -OCH3 is 1. The van der Waals surface area contributed by atoms with Gasteiger partial charge in [-0.15, -0.1) is 0 Å². The van der Waals surface area contributed by atoms with Gasteiger partial charge in [-0.2, -0.15) is 0 Å². The van der Waals surface area contributed by atoms with Crippen LogP contribution in [-0.2, 0) is 5.41 Å². The highest BCUT2D eigenvalue weighted by Gasteiger charge is 2.31. The standard InChI is InChI=1S/C17H18ClFO2/c1-17(2,12-5-7-13(19)8-6-12)16(20)11-4-9-14(18)15(10-11)21-3/h4-10,16,20H,1-3H3. The van der Waals surface area contributed by atoms with Crippen molar-refractivity contribution >= 4 is 11.6 Å². The lowest BCUT2D eigenvalue weighted by molar-refractivity contribution is 0.1000. The molecule has 2 rings (SSSR count). The van der Waals surface area contributed by atoms with E-state index in [2.05, 4.69) is 0 Å². The van der Waals surface area contributed by atoms with E-state index in [4.69, 9.17) is 16.3 Å². The zero-order valence-corrected chi connectivity index (χ0v) is 13.0. The predicted molar refractivity (Wildman–Crippen MR) is 82.4 cm³/mol. The van der Waals surface area contributed by atoms with E-state index in [9.17, 15) is 9.50 Å². The van der Waals surface area contributed by atoms with Crippen molar-refractivity contribution in [1.29, 1.82) is 0 Å². The summed E-state index contributed by atoms with van der Waals surface area (Å²) in [6.45, 7) is 3.82. The summed E-state index contributed by atoms with van der Waals surface area (Å²) in [5.41, 5.74) is 0.975. The van der Waals surface area contributed by atoms with Gasteiger partial charge in [0, 0.05) is 5.41 Å². The van der Waals surface area contributed by atoms with Crippen LogP contribution < -0.4 is 4.74 Å². The second-order valence-electron chi connectivity index (χ2n) is 5.53. The van der Waals surface area contributed by atoms with Crippen LogP contribution in [-0.4, -0.2) is 12.2 Å². The fraction of sp³-hybridized carbons (Fsp3) is 0.294. The number of aliphatic hydroxyl groups is 1. The molecule has 0 saturated carbocycles. The molecule has 1 unspecified atom stereocenters. The average molecular weight is 309 g/mol. The van der Waals surface area contributed by atoms with Crippen molar-refractivity contribution < 1.29 is 14.2 Å². The Morgan fingerprint density at radius 2 is 1.76 bits per heavy atom. The van der Waals surface area contributed by atoms with Crippen molar-refractivity contribution in [3.63, 3.8) is 0 Å².